The summed E-state index contributed by atoms with van der Waals surface area (Å²) >= 11 is 12.0. The highest BCUT2D eigenvalue weighted by Gasteiger charge is 2.45. The van der Waals surface area contributed by atoms with Crippen LogP contribution in [0.4, 0.5) is 0 Å². The maximum absolute atomic E-state index is 10.1. The number of nitrogens with zero attached hydrogens (tertiary/aromatic N) is 2. The molecule has 0 saturated carbocycles. The third-order valence-electron chi connectivity index (χ3n) is 3.39. The quantitative estimate of drug-likeness (QED) is 0.762. The van der Waals surface area contributed by atoms with Gasteiger partial charge in [0.2, 0.25) is 0 Å². The molecule has 3 rings (SSSR count). The molecule has 2 aromatic heterocycles. The number of fused-ring (bicyclic) bond motifs is 1. The molecule has 4 atom stereocenters. The van der Waals surface area contributed by atoms with E-state index in [1.165, 1.54) is 0 Å². The van der Waals surface area contributed by atoms with Crippen LogP contribution in [0.3, 0.4) is 0 Å². The number of hydrogen-bond acceptors (Lipinski definition) is 5. The average molecular weight is 319 g/mol. The van der Waals surface area contributed by atoms with Gasteiger partial charge in [-0.25, -0.2) is 4.98 Å². The highest BCUT2D eigenvalue weighted by molar-refractivity contribution is 6.31. The number of ether oxygens (including phenoxy) is 1. The molecule has 2 aromatic rings. The summed E-state index contributed by atoms with van der Waals surface area (Å²) in [7, 11) is 0. The van der Waals surface area contributed by atoms with Gasteiger partial charge in [-0.1, -0.05) is 23.2 Å². The lowest BCUT2D eigenvalue weighted by Crippen LogP contribution is -2.32. The van der Waals surface area contributed by atoms with Crippen LogP contribution >= 0.6 is 23.2 Å². The fraction of sp³-hybridized carbons (Fsp3) is 0.417. The highest BCUT2D eigenvalue weighted by atomic mass is 35.5. The molecule has 0 aliphatic carbocycles. The molecule has 1 fully saturated rings. The van der Waals surface area contributed by atoms with Crippen molar-refractivity contribution < 1.29 is 20.1 Å². The largest absolute Gasteiger partial charge is 0.394 e. The van der Waals surface area contributed by atoms with E-state index in [-0.39, 0.29) is 5.15 Å². The Kier molecular flexibility index (Phi) is 3.62. The summed E-state index contributed by atoms with van der Waals surface area (Å²) in [5.41, 5.74) is 0.927. The molecule has 6 nitrogen and oxygen atoms in total. The Bertz CT molecular complexity index is 648. The van der Waals surface area contributed by atoms with Crippen molar-refractivity contribution in [3.63, 3.8) is 0 Å². The lowest BCUT2D eigenvalue weighted by atomic mass is 10.1. The van der Waals surface area contributed by atoms with Crippen LogP contribution in [0, 0.1) is 0 Å². The minimum absolute atomic E-state index is 0.155. The zero-order chi connectivity index (χ0) is 14.4. The van der Waals surface area contributed by atoms with Crippen LogP contribution in [0.15, 0.2) is 18.3 Å². The van der Waals surface area contributed by atoms with Crippen LogP contribution in [0.2, 0.25) is 10.2 Å². The molecular formula is C12H12Cl2N2O4. The van der Waals surface area contributed by atoms with Gasteiger partial charge >= 0.3 is 0 Å². The monoisotopic (exact) mass is 318 g/mol. The Labute approximate surface area is 124 Å². The van der Waals surface area contributed by atoms with E-state index >= 15 is 0 Å². The second kappa shape index (κ2) is 5.14. The zero-order valence-electron chi connectivity index (χ0n) is 10.1. The van der Waals surface area contributed by atoms with Crippen molar-refractivity contribution in [1.82, 2.24) is 9.38 Å². The average Bonchev–Trinajstić information content (AvgIpc) is 2.87. The van der Waals surface area contributed by atoms with Gasteiger partial charge in [0.15, 0.2) is 5.15 Å². The molecule has 1 aliphatic rings. The summed E-state index contributed by atoms with van der Waals surface area (Å²) in [4.78, 5) is 4.14. The van der Waals surface area contributed by atoms with Gasteiger partial charge in [-0.3, -0.25) is 4.40 Å². The number of aliphatic hydroxyl groups is 3. The minimum Gasteiger partial charge on any atom is -0.394 e. The second-order valence-corrected chi connectivity index (χ2v) is 5.41. The first-order chi connectivity index (χ1) is 9.52. The minimum atomic E-state index is -1.19. The molecule has 1 unspecified atom stereocenters. The van der Waals surface area contributed by atoms with Crippen LogP contribution in [0.1, 0.15) is 11.8 Å². The molecular weight excluding hydrogens is 307 g/mol. The number of aliphatic hydroxyl groups excluding tert-OH is 3. The maximum atomic E-state index is 10.1. The van der Waals surface area contributed by atoms with Gasteiger partial charge in [-0.15, -0.1) is 0 Å². The highest BCUT2D eigenvalue weighted by Crippen LogP contribution is 2.37. The Morgan fingerprint density at radius 3 is 2.70 bits per heavy atom. The molecule has 0 spiro atoms. The number of imidazole rings is 1. The summed E-state index contributed by atoms with van der Waals surface area (Å²) in [6.07, 6.45) is -2.45. The van der Waals surface area contributed by atoms with Crippen LogP contribution in [-0.2, 0) is 4.74 Å². The molecule has 1 aliphatic heterocycles. The second-order valence-electron chi connectivity index (χ2n) is 4.62. The normalized spacial score (nSPS) is 30.2. The lowest BCUT2D eigenvalue weighted by Gasteiger charge is -2.14. The molecule has 0 radical (unpaired) electrons. The van der Waals surface area contributed by atoms with Gasteiger partial charge in [0.1, 0.15) is 30.1 Å². The first kappa shape index (κ1) is 14.1. The van der Waals surface area contributed by atoms with Crippen molar-refractivity contribution in [1.29, 1.82) is 0 Å². The number of aromatic nitrogens is 2. The number of rotatable bonds is 2. The fourth-order valence-corrected chi connectivity index (χ4v) is 2.83. The van der Waals surface area contributed by atoms with Gasteiger partial charge in [0, 0.05) is 17.3 Å². The van der Waals surface area contributed by atoms with Gasteiger partial charge in [-0.2, -0.15) is 0 Å². The predicted octanol–water partition coefficient (Wildman–Crippen LogP) is 0.795. The van der Waals surface area contributed by atoms with E-state index in [2.05, 4.69) is 4.98 Å². The van der Waals surface area contributed by atoms with Crippen LogP contribution < -0.4 is 0 Å². The fourth-order valence-electron chi connectivity index (χ4n) is 2.39. The smallest absolute Gasteiger partial charge is 0.154 e. The third-order valence-corrected chi connectivity index (χ3v) is 3.91. The summed E-state index contributed by atoms with van der Waals surface area (Å²) in [6, 6.07) is 3.27. The Morgan fingerprint density at radius 1 is 1.30 bits per heavy atom. The van der Waals surface area contributed by atoms with Crippen LogP contribution in [0.5, 0.6) is 0 Å². The first-order valence-corrected chi connectivity index (χ1v) is 6.74. The molecule has 1 saturated heterocycles. The van der Waals surface area contributed by atoms with Crippen molar-refractivity contribution in [2.24, 2.45) is 0 Å². The summed E-state index contributed by atoms with van der Waals surface area (Å²) in [6.45, 7) is -0.394. The van der Waals surface area contributed by atoms with Gasteiger partial charge in [0.25, 0.3) is 0 Å². The first-order valence-electron chi connectivity index (χ1n) is 5.98. The number of halogens is 2. The third kappa shape index (κ3) is 2.09. The van der Waals surface area contributed by atoms with E-state index in [1.54, 1.807) is 22.7 Å². The van der Waals surface area contributed by atoms with E-state index in [1.807, 2.05) is 0 Å². The van der Waals surface area contributed by atoms with Crippen molar-refractivity contribution in [3.05, 3.63) is 34.2 Å². The molecule has 20 heavy (non-hydrogen) atoms. The molecule has 0 bridgehead atoms. The van der Waals surface area contributed by atoms with E-state index in [9.17, 15) is 10.2 Å². The van der Waals surface area contributed by atoms with Gasteiger partial charge in [0.05, 0.1) is 12.3 Å². The van der Waals surface area contributed by atoms with Crippen LogP contribution in [0.25, 0.3) is 5.65 Å². The molecule has 0 amide bonds. The van der Waals surface area contributed by atoms with Gasteiger partial charge < -0.3 is 20.1 Å². The Balaban J connectivity index is 2.08. The maximum Gasteiger partial charge on any atom is 0.154 e. The topological polar surface area (TPSA) is 87.2 Å². The number of pyridine rings is 1. The molecule has 108 valence electrons. The van der Waals surface area contributed by atoms with E-state index in [4.69, 9.17) is 33.0 Å². The molecule has 0 aromatic carbocycles. The van der Waals surface area contributed by atoms with Crippen molar-refractivity contribution in [2.45, 2.75) is 24.4 Å². The standard InChI is InChI=1S/C12H12Cl2N2O4/c13-5-1-2-16-7(3-5)15-12(14)8(16)11-10(19)9(18)6(4-17)20-11/h1-3,6,9-11,17-19H,4H2/t6-,9-,10-,11?/m1/s1. The van der Waals surface area contributed by atoms with Gasteiger partial charge in [-0.05, 0) is 6.07 Å². The molecule has 8 heteroatoms. The van der Waals surface area contributed by atoms with E-state index in [0.29, 0.717) is 16.4 Å². The Hall–Kier alpha value is -0.890. The van der Waals surface area contributed by atoms with Crippen molar-refractivity contribution in [3.8, 4) is 0 Å². The summed E-state index contributed by atoms with van der Waals surface area (Å²) in [5, 5.41) is 29.6. The van der Waals surface area contributed by atoms with E-state index in [0.717, 1.165) is 0 Å². The summed E-state index contributed by atoms with van der Waals surface area (Å²) in [5.74, 6) is 0. The lowest BCUT2D eigenvalue weighted by molar-refractivity contribution is -0.0241. The van der Waals surface area contributed by atoms with Crippen molar-refractivity contribution >= 4 is 28.8 Å². The zero-order valence-corrected chi connectivity index (χ0v) is 11.7. The van der Waals surface area contributed by atoms with Crippen molar-refractivity contribution in [2.75, 3.05) is 6.61 Å². The SMILES string of the molecule is OC[C@H]1OC(c2c(Cl)nc3cc(Cl)ccn23)[C@H](O)[C@@H]1O. The predicted molar refractivity (Wildman–Crippen MR) is 71.9 cm³/mol. The molecule has 3 heterocycles. The van der Waals surface area contributed by atoms with Crippen LogP contribution in [-0.4, -0.2) is 49.6 Å². The number of hydrogen-bond donors (Lipinski definition) is 3. The Morgan fingerprint density at radius 2 is 2.05 bits per heavy atom. The van der Waals surface area contributed by atoms with E-state index < -0.39 is 31.0 Å². The molecule has 3 N–H and O–H groups in total. The summed E-state index contributed by atoms with van der Waals surface area (Å²) < 4.78 is 7.10.